The van der Waals surface area contributed by atoms with Gasteiger partial charge in [-0.3, -0.25) is 0 Å². The average molecular weight is 287 g/mol. The van der Waals surface area contributed by atoms with Crippen molar-refractivity contribution in [2.75, 3.05) is 25.8 Å². The minimum atomic E-state index is -0.634. The van der Waals surface area contributed by atoms with Gasteiger partial charge in [-0.05, 0) is 29.8 Å². The molecule has 0 radical (unpaired) electrons. The van der Waals surface area contributed by atoms with Gasteiger partial charge >= 0.3 is 0 Å². The van der Waals surface area contributed by atoms with Crippen LogP contribution in [0.2, 0.25) is 0 Å². The van der Waals surface area contributed by atoms with Crippen LogP contribution in [0.5, 0.6) is 17.2 Å². The lowest BCUT2D eigenvalue weighted by Crippen LogP contribution is -2.12. The summed E-state index contributed by atoms with van der Waals surface area (Å²) in [6.45, 7) is 0.629. The van der Waals surface area contributed by atoms with E-state index in [0.717, 1.165) is 17.0 Å². The summed E-state index contributed by atoms with van der Waals surface area (Å²) >= 11 is 0. The smallest absolute Gasteiger partial charge is 0.231 e. The molecular weight excluding hydrogens is 270 g/mol. The lowest BCUT2D eigenvalue weighted by Gasteiger charge is -2.14. The molecule has 0 aromatic heterocycles. The van der Waals surface area contributed by atoms with Crippen LogP contribution in [0.4, 0.5) is 5.69 Å². The molecule has 1 aliphatic rings. The highest BCUT2D eigenvalue weighted by molar-refractivity contribution is 5.49. The van der Waals surface area contributed by atoms with Crippen LogP contribution >= 0.6 is 0 Å². The summed E-state index contributed by atoms with van der Waals surface area (Å²) in [5.41, 5.74) is 1.68. The van der Waals surface area contributed by atoms with E-state index >= 15 is 0 Å². The first-order valence-corrected chi connectivity index (χ1v) is 6.72. The summed E-state index contributed by atoms with van der Waals surface area (Å²) in [4.78, 5) is 0. The number of hydrogen-bond acceptors (Lipinski definition) is 5. The number of aliphatic hydroxyl groups excluding tert-OH is 1. The molecule has 1 unspecified atom stereocenters. The minimum absolute atomic E-state index is 0.233. The summed E-state index contributed by atoms with van der Waals surface area (Å²) in [5.74, 6) is 2.16. The van der Waals surface area contributed by atoms with Crippen LogP contribution < -0.4 is 19.5 Å². The molecule has 5 nitrogen and oxygen atoms in total. The van der Waals surface area contributed by atoms with Gasteiger partial charge in [0.25, 0.3) is 0 Å². The van der Waals surface area contributed by atoms with E-state index in [2.05, 4.69) is 5.32 Å². The van der Waals surface area contributed by atoms with Crippen LogP contribution in [-0.2, 0) is 0 Å². The van der Waals surface area contributed by atoms with E-state index in [4.69, 9.17) is 14.2 Å². The summed E-state index contributed by atoms with van der Waals surface area (Å²) in [5, 5.41) is 13.4. The third kappa shape index (κ3) is 3.03. The molecule has 2 aromatic rings. The van der Waals surface area contributed by atoms with E-state index in [1.54, 1.807) is 13.2 Å². The molecule has 0 aliphatic carbocycles. The highest BCUT2D eigenvalue weighted by atomic mass is 16.7. The van der Waals surface area contributed by atoms with Gasteiger partial charge in [0.05, 0.1) is 13.2 Å². The van der Waals surface area contributed by atoms with Crippen molar-refractivity contribution in [1.82, 2.24) is 0 Å². The summed E-state index contributed by atoms with van der Waals surface area (Å²) in [6, 6.07) is 13.0. The highest BCUT2D eigenvalue weighted by Crippen LogP contribution is 2.34. The average Bonchev–Trinajstić information content (AvgIpc) is 3.00. The Labute approximate surface area is 123 Å². The number of methoxy groups -OCH3 is 1. The van der Waals surface area contributed by atoms with Gasteiger partial charge in [-0.2, -0.15) is 0 Å². The standard InChI is InChI=1S/C16H17NO4/c1-19-13-4-2-3-12(8-13)17-9-14(18)11-5-6-15-16(7-11)21-10-20-15/h2-8,14,17-18H,9-10H2,1H3. The van der Waals surface area contributed by atoms with Gasteiger partial charge in [0, 0.05) is 18.3 Å². The number of anilines is 1. The van der Waals surface area contributed by atoms with Crippen LogP contribution in [0.1, 0.15) is 11.7 Å². The molecule has 0 amide bonds. The van der Waals surface area contributed by atoms with Crippen LogP contribution in [0.25, 0.3) is 0 Å². The number of rotatable bonds is 5. The molecule has 110 valence electrons. The van der Waals surface area contributed by atoms with Gasteiger partial charge in [0.1, 0.15) is 5.75 Å². The number of fused-ring (bicyclic) bond motifs is 1. The maximum absolute atomic E-state index is 10.2. The van der Waals surface area contributed by atoms with Crippen LogP contribution in [-0.4, -0.2) is 25.6 Å². The molecule has 0 saturated heterocycles. The van der Waals surface area contributed by atoms with Gasteiger partial charge in [0.2, 0.25) is 6.79 Å². The molecule has 1 heterocycles. The molecule has 0 saturated carbocycles. The highest BCUT2D eigenvalue weighted by Gasteiger charge is 2.16. The molecule has 1 atom stereocenters. The van der Waals surface area contributed by atoms with E-state index in [9.17, 15) is 5.11 Å². The predicted octanol–water partition coefficient (Wildman–Crippen LogP) is 2.57. The quantitative estimate of drug-likeness (QED) is 0.885. The molecule has 1 aliphatic heterocycles. The molecular formula is C16H17NO4. The SMILES string of the molecule is COc1cccc(NCC(O)c2ccc3c(c2)OCO3)c1. The Kier molecular flexibility index (Phi) is 3.83. The summed E-state index contributed by atoms with van der Waals surface area (Å²) in [7, 11) is 1.63. The molecule has 2 N–H and O–H groups in total. The molecule has 2 aromatic carbocycles. The van der Waals surface area contributed by atoms with Crippen LogP contribution in [0.3, 0.4) is 0 Å². The Balaban J connectivity index is 1.64. The minimum Gasteiger partial charge on any atom is -0.497 e. The first kappa shape index (κ1) is 13.6. The molecule has 0 spiro atoms. The normalized spacial score (nSPS) is 13.8. The number of nitrogens with one attached hydrogen (secondary N) is 1. The second kappa shape index (κ2) is 5.93. The fourth-order valence-electron chi connectivity index (χ4n) is 2.19. The summed E-state index contributed by atoms with van der Waals surface area (Å²) < 4.78 is 15.7. The van der Waals surface area contributed by atoms with Crippen molar-refractivity contribution in [1.29, 1.82) is 0 Å². The van der Waals surface area contributed by atoms with Crippen molar-refractivity contribution in [3.05, 3.63) is 48.0 Å². The van der Waals surface area contributed by atoms with Crippen molar-refractivity contribution >= 4 is 5.69 Å². The first-order chi connectivity index (χ1) is 10.3. The zero-order valence-corrected chi connectivity index (χ0v) is 11.7. The molecule has 3 rings (SSSR count). The van der Waals surface area contributed by atoms with E-state index < -0.39 is 6.10 Å². The Morgan fingerprint density at radius 1 is 1.19 bits per heavy atom. The summed E-state index contributed by atoms with van der Waals surface area (Å²) in [6.07, 6.45) is -0.634. The lowest BCUT2D eigenvalue weighted by atomic mass is 10.1. The number of ether oxygens (including phenoxy) is 3. The Bertz CT molecular complexity index is 629. The van der Waals surface area contributed by atoms with Gasteiger partial charge in [-0.25, -0.2) is 0 Å². The van der Waals surface area contributed by atoms with Crippen LogP contribution in [0, 0.1) is 0 Å². The third-order valence-electron chi connectivity index (χ3n) is 3.35. The largest absolute Gasteiger partial charge is 0.497 e. The van der Waals surface area contributed by atoms with E-state index in [1.165, 1.54) is 0 Å². The Morgan fingerprint density at radius 2 is 2.05 bits per heavy atom. The fraction of sp³-hybridized carbons (Fsp3) is 0.250. The molecule has 5 heteroatoms. The van der Waals surface area contributed by atoms with Crippen molar-refractivity contribution in [2.45, 2.75) is 6.10 Å². The topological polar surface area (TPSA) is 60.0 Å². The van der Waals surface area contributed by atoms with Gasteiger partial charge in [-0.15, -0.1) is 0 Å². The predicted molar refractivity (Wildman–Crippen MR) is 79.0 cm³/mol. The van der Waals surface area contributed by atoms with E-state index in [-0.39, 0.29) is 6.79 Å². The lowest BCUT2D eigenvalue weighted by molar-refractivity contribution is 0.173. The van der Waals surface area contributed by atoms with Crippen LogP contribution in [0.15, 0.2) is 42.5 Å². The zero-order valence-electron chi connectivity index (χ0n) is 11.7. The molecule has 21 heavy (non-hydrogen) atoms. The second-order valence-electron chi connectivity index (χ2n) is 4.74. The van der Waals surface area contributed by atoms with Crippen molar-refractivity contribution < 1.29 is 19.3 Å². The number of benzene rings is 2. The monoisotopic (exact) mass is 287 g/mol. The van der Waals surface area contributed by atoms with E-state index in [0.29, 0.717) is 18.0 Å². The maximum Gasteiger partial charge on any atom is 0.231 e. The second-order valence-corrected chi connectivity index (χ2v) is 4.74. The number of hydrogen-bond donors (Lipinski definition) is 2. The van der Waals surface area contributed by atoms with Gasteiger partial charge < -0.3 is 24.6 Å². The maximum atomic E-state index is 10.2. The first-order valence-electron chi connectivity index (χ1n) is 6.72. The van der Waals surface area contributed by atoms with Crippen molar-refractivity contribution in [3.63, 3.8) is 0 Å². The molecule has 0 fully saturated rings. The zero-order chi connectivity index (χ0) is 14.7. The Morgan fingerprint density at radius 3 is 2.90 bits per heavy atom. The van der Waals surface area contributed by atoms with Gasteiger partial charge in [-0.1, -0.05) is 12.1 Å². The number of aliphatic hydroxyl groups is 1. The third-order valence-corrected chi connectivity index (χ3v) is 3.35. The van der Waals surface area contributed by atoms with Crippen molar-refractivity contribution in [2.24, 2.45) is 0 Å². The van der Waals surface area contributed by atoms with E-state index in [1.807, 2.05) is 36.4 Å². The Hall–Kier alpha value is -2.40. The van der Waals surface area contributed by atoms with Crippen molar-refractivity contribution in [3.8, 4) is 17.2 Å². The fourth-order valence-corrected chi connectivity index (χ4v) is 2.19. The van der Waals surface area contributed by atoms with Gasteiger partial charge in [0.15, 0.2) is 11.5 Å². The molecule has 0 bridgehead atoms.